The van der Waals surface area contributed by atoms with Gasteiger partial charge in [0.15, 0.2) is 11.5 Å². The Kier molecular flexibility index (Phi) is 2.78. The molecule has 1 aliphatic heterocycles. The van der Waals surface area contributed by atoms with E-state index in [1.54, 1.807) is 12.1 Å². The third-order valence-corrected chi connectivity index (χ3v) is 2.55. The zero-order valence-electron chi connectivity index (χ0n) is 8.53. The molecule has 0 bridgehead atoms. The second-order valence-electron chi connectivity index (χ2n) is 3.23. The van der Waals surface area contributed by atoms with E-state index in [0.29, 0.717) is 10.8 Å². The number of hydrogen-bond acceptors (Lipinski definition) is 5. The molecule has 5 nitrogen and oxygen atoms in total. The summed E-state index contributed by atoms with van der Waals surface area (Å²) in [5.74, 6) is 0.251. The SMILES string of the molecule is COC(=O)C1COc2ccc(Cl)c(N)c2O1. The molecule has 1 unspecified atom stereocenters. The molecular formula is C10H10ClNO4. The van der Waals surface area contributed by atoms with Gasteiger partial charge in [0.2, 0.25) is 6.10 Å². The first kappa shape index (κ1) is 10.9. The Hall–Kier alpha value is -1.62. The number of rotatable bonds is 1. The van der Waals surface area contributed by atoms with E-state index in [9.17, 15) is 4.79 Å². The van der Waals surface area contributed by atoms with Crippen LogP contribution in [0.4, 0.5) is 5.69 Å². The average Bonchev–Trinajstić information content (AvgIpc) is 2.32. The van der Waals surface area contributed by atoms with Gasteiger partial charge < -0.3 is 19.9 Å². The summed E-state index contributed by atoms with van der Waals surface area (Å²) in [6, 6.07) is 3.25. The van der Waals surface area contributed by atoms with Crippen molar-refractivity contribution < 1.29 is 19.0 Å². The summed E-state index contributed by atoms with van der Waals surface area (Å²) < 4.78 is 15.3. The van der Waals surface area contributed by atoms with Gasteiger partial charge in [-0.3, -0.25) is 0 Å². The molecule has 0 fully saturated rings. The lowest BCUT2D eigenvalue weighted by Gasteiger charge is -2.25. The lowest BCUT2D eigenvalue weighted by Crippen LogP contribution is -2.37. The topological polar surface area (TPSA) is 70.8 Å². The Balaban J connectivity index is 2.32. The van der Waals surface area contributed by atoms with E-state index in [-0.39, 0.29) is 18.0 Å². The summed E-state index contributed by atoms with van der Waals surface area (Å²) in [4.78, 5) is 11.3. The molecule has 0 radical (unpaired) electrons. The Labute approximate surface area is 97.0 Å². The van der Waals surface area contributed by atoms with Crippen LogP contribution in [0.25, 0.3) is 0 Å². The van der Waals surface area contributed by atoms with E-state index < -0.39 is 12.1 Å². The average molecular weight is 244 g/mol. The first-order chi connectivity index (χ1) is 7.63. The monoisotopic (exact) mass is 243 g/mol. The van der Waals surface area contributed by atoms with Crippen molar-refractivity contribution in [2.75, 3.05) is 19.5 Å². The zero-order chi connectivity index (χ0) is 11.7. The summed E-state index contributed by atoms with van der Waals surface area (Å²) in [6.45, 7) is 0.0980. The van der Waals surface area contributed by atoms with Crippen LogP contribution in [-0.2, 0) is 9.53 Å². The molecule has 0 aromatic heterocycles. The van der Waals surface area contributed by atoms with Crippen molar-refractivity contribution in [1.29, 1.82) is 0 Å². The van der Waals surface area contributed by atoms with Gasteiger partial charge >= 0.3 is 5.97 Å². The van der Waals surface area contributed by atoms with Crippen molar-refractivity contribution in [2.45, 2.75) is 6.10 Å². The third-order valence-electron chi connectivity index (χ3n) is 2.22. The van der Waals surface area contributed by atoms with Crippen molar-refractivity contribution >= 4 is 23.3 Å². The molecule has 1 aliphatic rings. The van der Waals surface area contributed by atoms with Gasteiger partial charge in [-0.2, -0.15) is 0 Å². The molecule has 2 rings (SSSR count). The summed E-state index contributed by atoms with van der Waals surface area (Å²) in [5, 5.41) is 0.355. The molecule has 16 heavy (non-hydrogen) atoms. The molecule has 0 amide bonds. The molecule has 1 aromatic rings. The van der Waals surface area contributed by atoms with E-state index in [1.807, 2.05) is 0 Å². The number of nitrogens with two attached hydrogens (primary N) is 1. The molecule has 2 N–H and O–H groups in total. The van der Waals surface area contributed by atoms with E-state index in [2.05, 4.69) is 4.74 Å². The van der Waals surface area contributed by atoms with Gasteiger partial charge in [0.1, 0.15) is 6.61 Å². The van der Waals surface area contributed by atoms with Gasteiger partial charge in [-0.1, -0.05) is 11.6 Å². The van der Waals surface area contributed by atoms with Crippen LogP contribution in [0.15, 0.2) is 12.1 Å². The number of nitrogen functional groups attached to an aromatic ring is 1. The van der Waals surface area contributed by atoms with E-state index in [0.717, 1.165) is 0 Å². The van der Waals surface area contributed by atoms with Crippen LogP contribution in [0.2, 0.25) is 5.02 Å². The fraction of sp³-hybridized carbons (Fsp3) is 0.300. The third kappa shape index (κ3) is 1.74. The molecule has 0 spiro atoms. The number of hydrogen-bond donors (Lipinski definition) is 1. The minimum Gasteiger partial charge on any atom is -0.485 e. The number of carbonyl (C=O) groups is 1. The van der Waals surface area contributed by atoms with Gasteiger partial charge in [0, 0.05) is 0 Å². The van der Waals surface area contributed by atoms with Gasteiger partial charge in [-0.15, -0.1) is 0 Å². The van der Waals surface area contributed by atoms with Crippen molar-refractivity contribution in [1.82, 2.24) is 0 Å². The van der Waals surface area contributed by atoms with Crippen molar-refractivity contribution in [2.24, 2.45) is 0 Å². The Morgan fingerprint density at radius 2 is 2.38 bits per heavy atom. The fourth-order valence-corrected chi connectivity index (χ4v) is 1.53. The Morgan fingerprint density at radius 3 is 3.06 bits per heavy atom. The normalized spacial score (nSPS) is 18.0. The maximum Gasteiger partial charge on any atom is 0.350 e. The quantitative estimate of drug-likeness (QED) is 0.594. The Bertz CT molecular complexity index is 435. The molecule has 1 aromatic carbocycles. The van der Waals surface area contributed by atoms with E-state index in [4.69, 9.17) is 26.8 Å². The lowest BCUT2D eigenvalue weighted by molar-refractivity contribution is -0.151. The van der Waals surface area contributed by atoms with Crippen LogP contribution in [0.1, 0.15) is 0 Å². The second-order valence-corrected chi connectivity index (χ2v) is 3.64. The molecule has 86 valence electrons. The largest absolute Gasteiger partial charge is 0.485 e. The van der Waals surface area contributed by atoms with Crippen LogP contribution in [0.3, 0.4) is 0 Å². The first-order valence-electron chi connectivity index (χ1n) is 4.58. The predicted octanol–water partition coefficient (Wildman–Crippen LogP) is 1.23. The zero-order valence-corrected chi connectivity index (χ0v) is 9.28. The highest BCUT2D eigenvalue weighted by atomic mass is 35.5. The number of benzene rings is 1. The van der Waals surface area contributed by atoms with E-state index >= 15 is 0 Å². The highest BCUT2D eigenvalue weighted by Crippen LogP contribution is 2.41. The second kappa shape index (κ2) is 4.09. The smallest absolute Gasteiger partial charge is 0.350 e. The number of halogens is 1. The minimum atomic E-state index is -0.807. The van der Waals surface area contributed by atoms with Crippen LogP contribution < -0.4 is 15.2 Å². The molecule has 1 atom stereocenters. The van der Waals surface area contributed by atoms with Crippen LogP contribution in [0, 0.1) is 0 Å². The number of carbonyl (C=O) groups excluding carboxylic acids is 1. The van der Waals surface area contributed by atoms with Crippen LogP contribution >= 0.6 is 11.6 Å². The van der Waals surface area contributed by atoms with Crippen molar-refractivity contribution in [3.8, 4) is 11.5 Å². The number of methoxy groups -OCH3 is 1. The number of anilines is 1. The summed E-state index contributed by atoms with van der Waals surface area (Å²) in [5.41, 5.74) is 5.98. The lowest BCUT2D eigenvalue weighted by atomic mass is 10.2. The molecule has 0 aliphatic carbocycles. The maximum atomic E-state index is 11.3. The van der Waals surface area contributed by atoms with Gasteiger partial charge in [-0.05, 0) is 12.1 Å². The standard InChI is InChI=1S/C10H10ClNO4/c1-14-10(13)7-4-15-6-3-2-5(11)8(12)9(6)16-7/h2-3,7H,4,12H2,1H3. The fourth-order valence-electron chi connectivity index (χ4n) is 1.38. The highest BCUT2D eigenvalue weighted by molar-refractivity contribution is 6.33. The summed E-state index contributed by atoms with van der Waals surface area (Å²) in [7, 11) is 1.28. The van der Waals surface area contributed by atoms with Crippen LogP contribution in [-0.4, -0.2) is 25.8 Å². The predicted molar refractivity (Wildman–Crippen MR) is 57.8 cm³/mol. The Morgan fingerprint density at radius 1 is 1.62 bits per heavy atom. The summed E-state index contributed by atoms with van der Waals surface area (Å²) in [6.07, 6.45) is -0.807. The van der Waals surface area contributed by atoms with Gasteiger partial charge in [0.25, 0.3) is 0 Å². The molecule has 0 saturated heterocycles. The van der Waals surface area contributed by atoms with Gasteiger partial charge in [-0.25, -0.2) is 4.79 Å². The van der Waals surface area contributed by atoms with Crippen molar-refractivity contribution in [3.63, 3.8) is 0 Å². The number of esters is 1. The van der Waals surface area contributed by atoms with Gasteiger partial charge in [0.05, 0.1) is 17.8 Å². The van der Waals surface area contributed by atoms with Crippen molar-refractivity contribution in [3.05, 3.63) is 17.2 Å². The summed E-state index contributed by atoms with van der Waals surface area (Å²) >= 11 is 5.83. The molecule has 6 heteroatoms. The molecular weight excluding hydrogens is 234 g/mol. The highest BCUT2D eigenvalue weighted by Gasteiger charge is 2.30. The van der Waals surface area contributed by atoms with E-state index in [1.165, 1.54) is 7.11 Å². The first-order valence-corrected chi connectivity index (χ1v) is 4.96. The minimum absolute atomic E-state index is 0.0980. The molecule has 1 heterocycles. The number of ether oxygens (including phenoxy) is 3. The van der Waals surface area contributed by atoms with Crippen LogP contribution in [0.5, 0.6) is 11.5 Å². The maximum absolute atomic E-state index is 11.3. The molecule has 0 saturated carbocycles. The number of fused-ring (bicyclic) bond motifs is 1.